The van der Waals surface area contributed by atoms with Crippen molar-refractivity contribution < 1.29 is 8.42 Å². The predicted octanol–water partition coefficient (Wildman–Crippen LogP) is 1.78. The summed E-state index contributed by atoms with van der Waals surface area (Å²) in [7, 11) is -1.10. The molecule has 1 saturated carbocycles. The first-order valence-corrected chi connectivity index (χ1v) is 9.48. The molecule has 0 bridgehead atoms. The number of guanidine groups is 1. The van der Waals surface area contributed by atoms with Crippen LogP contribution < -0.4 is 10.6 Å². The summed E-state index contributed by atoms with van der Waals surface area (Å²) in [6.07, 6.45) is 5.88. The lowest BCUT2D eigenvalue weighted by atomic mass is 9.83. The van der Waals surface area contributed by atoms with Gasteiger partial charge >= 0.3 is 0 Å². The zero-order chi connectivity index (χ0) is 14.6. The summed E-state index contributed by atoms with van der Waals surface area (Å²) in [5.41, 5.74) is 0. The van der Waals surface area contributed by atoms with Gasteiger partial charge in [-0.3, -0.25) is 4.99 Å². The Bertz CT molecular complexity index is 445. The van der Waals surface area contributed by atoms with E-state index in [4.69, 9.17) is 0 Å². The van der Waals surface area contributed by atoms with Gasteiger partial charge in [0.05, 0.1) is 11.5 Å². The van der Waals surface area contributed by atoms with Crippen molar-refractivity contribution in [1.29, 1.82) is 0 Å². The van der Waals surface area contributed by atoms with Crippen molar-refractivity contribution in [3.63, 3.8) is 0 Å². The summed E-state index contributed by atoms with van der Waals surface area (Å²) in [6, 6.07) is 0.0116. The third kappa shape index (κ3) is 6.30. The number of hydrogen-bond donors (Lipinski definition) is 2. The van der Waals surface area contributed by atoms with Crippen molar-refractivity contribution in [2.75, 3.05) is 25.1 Å². The largest absolute Gasteiger partial charge is 0.356 e. The number of nitrogens with zero attached hydrogens (tertiary/aromatic N) is 1. The van der Waals surface area contributed by atoms with Gasteiger partial charge in [-0.1, -0.05) is 19.8 Å². The van der Waals surface area contributed by atoms with Gasteiger partial charge in [0.2, 0.25) is 0 Å². The molecule has 21 heavy (non-hydrogen) atoms. The molecule has 2 N–H and O–H groups in total. The molecule has 0 aromatic carbocycles. The number of nitrogens with one attached hydrogen (secondary N) is 2. The van der Waals surface area contributed by atoms with Gasteiger partial charge in [-0.25, -0.2) is 8.42 Å². The standard InChI is InChI=1S/C14H27N3O2S.HI/c1-11-3-5-12(6-4-11)9-16-14(15-2)17-13-7-8-20(18,19)10-13;/h11-13H,3-10H2,1-2H3,(H2,15,16,17);1H. The first-order valence-electron chi connectivity index (χ1n) is 7.66. The molecule has 1 saturated heterocycles. The molecule has 7 heteroatoms. The molecule has 1 aliphatic heterocycles. The van der Waals surface area contributed by atoms with Gasteiger partial charge in [-0.15, -0.1) is 24.0 Å². The van der Waals surface area contributed by atoms with E-state index in [1.807, 2.05) is 0 Å². The van der Waals surface area contributed by atoms with E-state index in [2.05, 4.69) is 22.5 Å². The number of hydrogen-bond acceptors (Lipinski definition) is 3. The molecule has 2 rings (SSSR count). The van der Waals surface area contributed by atoms with Crippen LogP contribution in [0.15, 0.2) is 4.99 Å². The van der Waals surface area contributed by atoms with Crippen LogP contribution in [0.25, 0.3) is 0 Å². The molecule has 1 aliphatic carbocycles. The smallest absolute Gasteiger partial charge is 0.191 e. The van der Waals surface area contributed by atoms with E-state index in [0.29, 0.717) is 12.2 Å². The van der Waals surface area contributed by atoms with Crippen molar-refractivity contribution in [3.8, 4) is 0 Å². The van der Waals surface area contributed by atoms with Crippen LogP contribution >= 0.6 is 24.0 Å². The fraction of sp³-hybridized carbons (Fsp3) is 0.929. The highest BCUT2D eigenvalue weighted by molar-refractivity contribution is 14.0. The third-order valence-corrected chi connectivity index (χ3v) is 6.26. The Hall–Kier alpha value is -0.0500. The SMILES string of the molecule is CN=C(NCC1CCC(C)CC1)NC1CCS(=O)(=O)C1.I. The molecular formula is C14H28IN3O2S. The lowest BCUT2D eigenvalue weighted by molar-refractivity contribution is 0.289. The Morgan fingerprint density at radius 1 is 1.19 bits per heavy atom. The minimum Gasteiger partial charge on any atom is -0.356 e. The Kier molecular flexibility index (Phi) is 7.73. The predicted molar refractivity (Wildman–Crippen MR) is 98.1 cm³/mol. The van der Waals surface area contributed by atoms with Gasteiger partial charge in [-0.05, 0) is 31.1 Å². The number of halogens is 1. The number of sulfone groups is 1. The summed E-state index contributed by atoms with van der Waals surface area (Å²) in [5.74, 6) is 2.85. The van der Waals surface area contributed by atoms with Crippen molar-refractivity contribution in [1.82, 2.24) is 10.6 Å². The number of rotatable bonds is 3. The van der Waals surface area contributed by atoms with Gasteiger partial charge < -0.3 is 10.6 Å². The lowest BCUT2D eigenvalue weighted by Crippen LogP contribution is -2.45. The van der Waals surface area contributed by atoms with Crippen LogP contribution in [0, 0.1) is 11.8 Å². The maximum absolute atomic E-state index is 11.4. The molecule has 0 aromatic heterocycles. The summed E-state index contributed by atoms with van der Waals surface area (Å²) in [5, 5.41) is 6.58. The zero-order valence-corrected chi connectivity index (χ0v) is 16.1. The van der Waals surface area contributed by atoms with Gasteiger partial charge in [0, 0.05) is 19.6 Å². The van der Waals surface area contributed by atoms with Crippen LogP contribution in [-0.4, -0.2) is 45.5 Å². The second kappa shape index (κ2) is 8.55. The molecule has 124 valence electrons. The van der Waals surface area contributed by atoms with E-state index in [1.54, 1.807) is 7.05 Å². The van der Waals surface area contributed by atoms with Gasteiger partial charge in [0.25, 0.3) is 0 Å². The second-order valence-corrected chi connectivity index (χ2v) is 8.55. The first kappa shape index (κ1) is 19.0. The topological polar surface area (TPSA) is 70.6 Å². The van der Waals surface area contributed by atoms with Crippen LogP contribution in [0.5, 0.6) is 0 Å². The molecule has 0 radical (unpaired) electrons. The fourth-order valence-corrected chi connectivity index (χ4v) is 4.74. The summed E-state index contributed by atoms with van der Waals surface area (Å²) < 4.78 is 22.9. The van der Waals surface area contributed by atoms with Crippen LogP contribution in [0.1, 0.15) is 39.0 Å². The first-order chi connectivity index (χ1) is 9.48. The highest BCUT2D eigenvalue weighted by Crippen LogP contribution is 2.27. The monoisotopic (exact) mass is 429 g/mol. The van der Waals surface area contributed by atoms with Crippen molar-refractivity contribution >= 4 is 39.8 Å². The van der Waals surface area contributed by atoms with Crippen LogP contribution in [0.2, 0.25) is 0 Å². The number of aliphatic imine (C=N–C) groups is 1. The van der Waals surface area contributed by atoms with Gasteiger partial charge in [0.1, 0.15) is 0 Å². The molecule has 2 aliphatic rings. The van der Waals surface area contributed by atoms with E-state index in [9.17, 15) is 8.42 Å². The molecule has 2 fully saturated rings. The highest BCUT2D eigenvalue weighted by Gasteiger charge is 2.28. The Labute approximate surface area is 145 Å². The van der Waals surface area contributed by atoms with Gasteiger partial charge in [-0.2, -0.15) is 0 Å². The molecule has 0 amide bonds. The van der Waals surface area contributed by atoms with Gasteiger partial charge in [0.15, 0.2) is 15.8 Å². The molecule has 1 heterocycles. The highest BCUT2D eigenvalue weighted by atomic mass is 127. The Morgan fingerprint density at radius 2 is 1.86 bits per heavy atom. The zero-order valence-electron chi connectivity index (χ0n) is 13.0. The van der Waals surface area contributed by atoms with E-state index < -0.39 is 9.84 Å². The van der Waals surface area contributed by atoms with Crippen LogP contribution in [0.3, 0.4) is 0 Å². The van der Waals surface area contributed by atoms with Crippen molar-refractivity contribution in [2.45, 2.75) is 45.1 Å². The maximum Gasteiger partial charge on any atom is 0.191 e. The lowest BCUT2D eigenvalue weighted by Gasteiger charge is -2.27. The minimum atomic E-state index is -2.84. The normalized spacial score (nSPS) is 32.3. The molecular weight excluding hydrogens is 401 g/mol. The van der Waals surface area contributed by atoms with Crippen molar-refractivity contribution in [3.05, 3.63) is 0 Å². The third-order valence-electron chi connectivity index (χ3n) is 4.49. The summed E-state index contributed by atoms with van der Waals surface area (Å²) in [6.45, 7) is 3.26. The Morgan fingerprint density at radius 3 is 2.38 bits per heavy atom. The van der Waals surface area contributed by atoms with E-state index in [0.717, 1.165) is 24.3 Å². The second-order valence-electron chi connectivity index (χ2n) is 6.32. The maximum atomic E-state index is 11.4. The van der Waals surface area contributed by atoms with Crippen molar-refractivity contribution in [2.24, 2.45) is 16.8 Å². The Balaban J connectivity index is 0.00000220. The van der Waals surface area contributed by atoms with Crippen LogP contribution in [-0.2, 0) is 9.84 Å². The molecule has 1 unspecified atom stereocenters. The summed E-state index contributed by atoms with van der Waals surface area (Å²) in [4.78, 5) is 4.20. The molecule has 1 atom stereocenters. The van der Waals surface area contributed by atoms with Crippen LogP contribution in [0.4, 0.5) is 0 Å². The molecule has 0 spiro atoms. The van der Waals surface area contributed by atoms with E-state index in [1.165, 1.54) is 25.7 Å². The average Bonchev–Trinajstić information content (AvgIpc) is 2.75. The molecule has 0 aromatic rings. The fourth-order valence-electron chi connectivity index (χ4n) is 3.07. The van der Waals surface area contributed by atoms with E-state index in [-0.39, 0.29) is 35.8 Å². The summed E-state index contributed by atoms with van der Waals surface area (Å²) >= 11 is 0. The average molecular weight is 429 g/mol. The minimum absolute atomic E-state index is 0. The quantitative estimate of drug-likeness (QED) is 0.408. The molecule has 5 nitrogen and oxygen atoms in total. The van der Waals surface area contributed by atoms with E-state index >= 15 is 0 Å².